The minimum Gasteiger partial charge on any atom is -0.399 e. The van der Waals surface area contributed by atoms with Gasteiger partial charge in [0.15, 0.2) is 11.7 Å². The first-order valence-electron chi connectivity index (χ1n) is 14.1. The second kappa shape index (κ2) is 12.8. The van der Waals surface area contributed by atoms with Crippen LogP contribution >= 0.6 is 0 Å². The third kappa shape index (κ3) is 5.42. The van der Waals surface area contributed by atoms with Crippen LogP contribution in [0.15, 0.2) is 40.0 Å². The zero-order valence-electron chi connectivity index (χ0n) is 23.6. The fourth-order valence-corrected chi connectivity index (χ4v) is 5.73. The molecule has 4 rings (SSSR count). The molecule has 0 radical (unpaired) electrons. The quantitative estimate of drug-likeness (QED) is 0.268. The Morgan fingerprint density at radius 2 is 1.93 bits per heavy atom. The van der Waals surface area contributed by atoms with Crippen molar-refractivity contribution >= 4 is 23.5 Å². The molecule has 2 atom stereocenters. The maximum atomic E-state index is 14.4. The minimum absolute atomic E-state index is 0.00624. The number of fused-ring (bicyclic) bond motifs is 1. The van der Waals surface area contributed by atoms with Gasteiger partial charge < -0.3 is 15.4 Å². The van der Waals surface area contributed by atoms with Crippen molar-refractivity contribution < 1.29 is 23.6 Å². The fraction of sp³-hybridized carbons (Fsp3) is 0.571. The van der Waals surface area contributed by atoms with Gasteiger partial charge in [-0.25, -0.2) is 14.8 Å². The number of aromatic nitrogens is 1. The van der Waals surface area contributed by atoms with Gasteiger partial charge in [-0.15, -0.1) is 0 Å². The van der Waals surface area contributed by atoms with E-state index in [0.717, 1.165) is 18.4 Å². The number of amidine groups is 1. The number of amides is 3. The number of halogens is 1. The van der Waals surface area contributed by atoms with Crippen LogP contribution in [0.25, 0.3) is 0 Å². The van der Waals surface area contributed by atoms with Gasteiger partial charge in [0.1, 0.15) is 5.84 Å². The number of nitrogens with zero attached hydrogens (tertiary/aromatic N) is 6. The lowest BCUT2D eigenvalue weighted by atomic mass is 9.91. The SMILES string of the molecule is CCCCCN1C(=O)C2N(N(CC)CCO)C(Cc3cnoc3F)=NC2(CC)N(CCc2ccccc2N)C1=O. The summed E-state index contributed by atoms with van der Waals surface area (Å²) in [5.41, 5.74) is 6.70. The second-order valence-electron chi connectivity index (χ2n) is 10.2. The monoisotopic (exact) mass is 557 g/mol. The van der Waals surface area contributed by atoms with E-state index in [2.05, 4.69) is 16.6 Å². The number of hydrogen-bond donors (Lipinski definition) is 2. The van der Waals surface area contributed by atoms with E-state index < -0.39 is 17.7 Å². The lowest BCUT2D eigenvalue weighted by Crippen LogP contribution is -2.74. The lowest BCUT2D eigenvalue weighted by Gasteiger charge is -2.51. The summed E-state index contributed by atoms with van der Waals surface area (Å²) in [5.74, 6) is 0.0596. The Morgan fingerprint density at radius 1 is 1.15 bits per heavy atom. The van der Waals surface area contributed by atoms with E-state index >= 15 is 0 Å². The number of aliphatic hydroxyl groups is 1. The van der Waals surface area contributed by atoms with Crippen LogP contribution in [0.2, 0.25) is 0 Å². The van der Waals surface area contributed by atoms with E-state index in [9.17, 15) is 19.1 Å². The summed E-state index contributed by atoms with van der Waals surface area (Å²) in [4.78, 5) is 36.4. The normalized spacial score (nSPS) is 21.0. The number of imide groups is 1. The number of unbranched alkanes of at least 4 members (excludes halogenated alkanes) is 2. The number of benzene rings is 1. The maximum Gasteiger partial charge on any atom is 0.328 e. The molecular weight excluding hydrogens is 517 g/mol. The molecule has 3 heterocycles. The molecule has 1 aromatic carbocycles. The number of hydrogen-bond acceptors (Lipinski definition) is 9. The molecule has 2 unspecified atom stereocenters. The molecule has 2 aromatic rings. The van der Waals surface area contributed by atoms with Gasteiger partial charge in [0.2, 0.25) is 0 Å². The first-order chi connectivity index (χ1) is 19.3. The van der Waals surface area contributed by atoms with Crippen molar-refractivity contribution in [1.82, 2.24) is 25.0 Å². The third-order valence-electron chi connectivity index (χ3n) is 7.83. The number of carbonyl (C=O) groups excluding carboxylic acids is 2. The van der Waals surface area contributed by atoms with E-state index in [1.807, 2.05) is 43.1 Å². The summed E-state index contributed by atoms with van der Waals surface area (Å²) in [6.07, 6.45) is 4.64. The molecule has 218 valence electrons. The molecule has 12 heteroatoms. The summed E-state index contributed by atoms with van der Waals surface area (Å²) < 4.78 is 19.0. The Balaban J connectivity index is 1.81. The molecule has 0 saturated carbocycles. The molecule has 0 bridgehead atoms. The smallest absolute Gasteiger partial charge is 0.328 e. The van der Waals surface area contributed by atoms with E-state index in [-0.39, 0.29) is 43.6 Å². The predicted octanol–water partition coefficient (Wildman–Crippen LogP) is 3.05. The van der Waals surface area contributed by atoms with Crippen LogP contribution in [-0.2, 0) is 17.6 Å². The summed E-state index contributed by atoms with van der Waals surface area (Å²) in [6, 6.07) is 5.41. The Bertz CT molecular complexity index is 1220. The van der Waals surface area contributed by atoms with Crippen LogP contribution in [0.5, 0.6) is 0 Å². The Kier molecular flexibility index (Phi) is 9.41. The number of anilines is 1. The number of rotatable bonds is 14. The largest absolute Gasteiger partial charge is 0.399 e. The summed E-state index contributed by atoms with van der Waals surface area (Å²) in [6.45, 7) is 6.98. The lowest BCUT2D eigenvalue weighted by molar-refractivity contribution is -0.151. The Hall–Kier alpha value is -3.51. The second-order valence-corrected chi connectivity index (χ2v) is 10.2. The van der Waals surface area contributed by atoms with Crippen molar-refractivity contribution in [3.63, 3.8) is 0 Å². The molecule has 40 heavy (non-hydrogen) atoms. The van der Waals surface area contributed by atoms with Crippen molar-refractivity contribution in [2.75, 3.05) is 38.5 Å². The van der Waals surface area contributed by atoms with E-state index in [4.69, 9.17) is 10.7 Å². The molecule has 1 saturated heterocycles. The number of carbonyl (C=O) groups is 2. The van der Waals surface area contributed by atoms with Gasteiger partial charge in [0.05, 0.1) is 18.4 Å². The van der Waals surface area contributed by atoms with Gasteiger partial charge in [-0.1, -0.05) is 57.0 Å². The number of aliphatic hydroxyl groups excluding tert-OH is 1. The predicted molar refractivity (Wildman–Crippen MR) is 148 cm³/mol. The number of para-hydroxylation sites is 1. The standard InChI is InChI=1S/C28H40FN7O4/c1-4-7-10-14-34-26(38)24-28(5-2,35(27(34)39)15-13-20-11-8-9-12-22(20)30)32-23(18-21-19-31-40-25(21)29)36(24)33(6-3)16-17-37/h8-9,11-12,19,24,37H,4-7,10,13-18,30H2,1-3H3. The zero-order chi connectivity index (χ0) is 28.9. The molecular formula is C28H40FN7O4. The first-order valence-corrected chi connectivity index (χ1v) is 14.1. The van der Waals surface area contributed by atoms with Crippen LogP contribution in [0.3, 0.4) is 0 Å². The van der Waals surface area contributed by atoms with E-state index in [1.165, 1.54) is 11.1 Å². The fourth-order valence-electron chi connectivity index (χ4n) is 5.73. The van der Waals surface area contributed by atoms with Gasteiger partial charge in [-0.3, -0.25) is 19.6 Å². The van der Waals surface area contributed by atoms with Gasteiger partial charge in [0, 0.05) is 38.3 Å². The summed E-state index contributed by atoms with van der Waals surface area (Å²) >= 11 is 0. The van der Waals surface area contributed by atoms with Crippen molar-refractivity contribution in [3.8, 4) is 0 Å². The van der Waals surface area contributed by atoms with Crippen LogP contribution in [0.4, 0.5) is 14.9 Å². The van der Waals surface area contributed by atoms with Crippen LogP contribution in [-0.4, -0.2) is 92.3 Å². The maximum absolute atomic E-state index is 14.4. The number of hydrazine groups is 1. The summed E-state index contributed by atoms with van der Waals surface area (Å²) in [7, 11) is 0. The van der Waals surface area contributed by atoms with Gasteiger partial charge in [-0.2, -0.15) is 4.39 Å². The highest BCUT2D eigenvalue weighted by Gasteiger charge is 2.63. The third-order valence-corrected chi connectivity index (χ3v) is 7.83. The number of likely N-dealkylation sites (N-methyl/N-ethyl adjacent to an activating group) is 1. The highest BCUT2D eigenvalue weighted by atomic mass is 19.1. The topological polar surface area (TPSA) is 132 Å². The van der Waals surface area contributed by atoms with Crippen LogP contribution < -0.4 is 5.73 Å². The first kappa shape index (κ1) is 29.5. The zero-order valence-corrected chi connectivity index (χ0v) is 23.6. The Labute approximate surface area is 234 Å². The van der Waals surface area contributed by atoms with E-state index in [1.54, 1.807) is 9.91 Å². The number of nitrogens with two attached hydrogens (primary N) is 1. The molecule has 3 N–H and O–H groups in total. The summed E-state index contributed by atoms with van der Waals surface area (Å²) in [5, 5.41) is 17.0. The van der Waals surface area contributed by atoms with E-state index in [0.29, 0.717) is 43.9 Å². The highest BCUT2D eigenvalue weighted by molar-refractivity contribution is 6.05. The average molecular weight is 558 g/mol. The molecule has 0 aliphatic carbocycles. The minimum atomic E-state index is -1.23. The molecule has 0 spiro atoms. The molecule has 1 aromatic heterocycles. The van der Waals surface area contributed by atoms with Crippen LogP contribution in [0.1, 0.15) is 57.6 Å². The van der Waals surface area contributed by atoms with Crippen LogP contribution in [0, 0.1) is 6.01 Å². The van der Waals surface area contributed by atoms with Crippen molar-refractivity contribution in [1.29, 1.82) is 0 Å². The molecule has 2 aliphatic rings. The molecule has 1 fully saturated rings. The van der Waals surface area contributed by atoms with Crippen molar-refractivity contribution in [3.05, 3.63) is 47.6 Å². The highest BCUT2D eigenvalue weighted by Crippen LogP contribution is 2.42. The number of nitrogen functional groups attached to an aromatic ring is 1. The van der Waals surface area contributed by atoms with Crippen molar-refractivity contribution in [2.24, 2.45) is 4.99 Å². The number of aliphatic imine (C=N–C) groups is 1. The molecule has 2 aliphatic heterocycles. The van der Waals surface area contributed by atoms with Crippen molar-refractivity contribution in [2.45, 2.75) is 71.0 Å². The van der Waals surface area contributed by atoms with Gasteiger partial charge >= 0.3 is 12.0 Å². The molecule has 3 amide bonds. The average Bonchev–Trinajstić information content (AvgIpc) is 3.51. The van der Waals surface area contributed by atoms with Gasteiger partial charge in [-0.05, 0) is 30.9 Å². The van der Waals surface area contributed by atoms with Gasteiger partial charge in [0.25, 0.3) is 5.91 Å². The molecule has 11 nitrogen and oxygen atoms in total. The Morgan fingerprint density at radius 3 is 2.55 bits per heavy atom. The number of urea groups is 1.